The van der Waals surface area contributed by atoms with Gasteiger partial charge in [0.05, 0.1) is 30.9 Å². The first-order valence-corrected chi connectivity index (χ1v) is 10.5. The van der Waals surface area contributed by atoms with E-state index in [4.69, 9.17) is 14.0 Å². The minimum absolute atomic E-state index is 0.111. The van der Waals surface area contributed by atoms with Crippen LogP contribution in [0, 0.1) is 6.92 Å². The predicted molar refractivity (Wildman–Crippen MR) is 121 cm³/mol. The van der Waals surface area contributed by atoms with Gasteiger partial charge in [-0.3, -0.25) is 14.5 Å². The lowest BCUT2D eigenvalue weighted by Crippen LogP contribution is -2.29. The van der Waals surface area contributed by atoms with Crippen molar-refractivity contribution in [1.29, 1.82) is 0 Å². The van der Waals surface area contributed by atoms with Crippen LogP contribution in [0.3, 0.4) is 0 Å². The number of Topliss-reactive ketones (excluding diaryl/α,β-unsaturated/α-hetero) is 1. The minimum atomic E-state index is -0.997. The second-order valence-corrected chi connectivity index (χ2v) is 7.54. The first kappa shape index (κ1) is 22.8. The van der Waals surface area contributed by atoms with Gasteiger partial charge < -0.3 is 19.1 Å². The molecule has 0 saturated carbocycles. The number of aryl methyl sites for hydroxylation is 1. The fourth-order valence-corrected chi connectivity index (χ4v) is 3.80. The van der Waals surface area contributed by atoms with E-state index < -0.39 is 23.7 Å². The average molecular weight is 462 g/mol. The number of amides is 1. The Balaban J connectivity index is 1.86. The second-order valence-electron chi connectivity index (χ2n) is 7.54. The summed E-state index contributed by atoms with van der Waals surface area (Å²) in [6.07, 6.45) is 0. The maximum absolute atomic E-state index is 13.1. The normalized spacial score (nSPS) is 17.1. The molecule has 1 N–H and O–H groups in total. The lowest BCUT2D eigenvalue weighted by molar-refractivity contribution is -0.132. The molecule has 1 aliphatic heterocycles. The number of aliphatic hydroxyl groups excluding tert-OH is 1. The standard InChI is InChI=1S/C25H22N2O7/c1-4-33-18-11-9-16(10-12-18)22(28)20-21(15-5-7-17(8-6-15)25(31)32-3)27(24(30)23(20)29)19-13-14(2)34-26-19/h5-13,21,28H,4H2,1-3H3/b22-20+. The lowest BCUT2D eigenvalue weighted by Gasteiger charge is -2.23. The maximum Gasteiger partial charge on any atom is 0.337 e. The van der Waals surface area contributed by atoms with E-state index in [-0.39, 0.29) is 17.2 Å². The fraction of sp³-hybridized carbons (Fsp3) is 0.200. The quantitative estimate of drug-likeness (QED) is 0.254. The number of aliphatic hydroxyl groups is 1. The summed E-state index contributed by atoms with van der Waals surface area (Å²) in [6.45, 7) is 3.99. The van der Waals surface area contributed by atoms with Crippen molar-refractivity contribution in [3.8, 4) is 5.75 Å². The van der Waals surface area contributed by atoms with E-state index in [1.165, 1.54) is 30.2 Å². The molecule has 0 spiro atoms. The average Bonchev–Trinajstić information content (AvgIpc) is 3.39. The molecule has 34 heavy (non-hydrogen) atoms. The van der Waals surface area contributed by atoms with E-state index in [0.717, 1.165) is 0 Å². The van der Waals surface area contributed by atoms with Gasteiger partial charge in [0.1, 0.15) is 17.3 Å². The molecule has 0 bridgehead atoms. The molecule has 4 rings (SSSR count). The monoisotopic (exact) mass is 462 g/mol. The SMILES string of the molecule is CCOc1ccc(/C(O)=C2\C(=O)C(=O)N(c3cc(C)on3)C2c2ccc(C(=O)OC)cc2)cc1. The molecule has 1 saturated heterocycles. The summed E-state index contributed by atoms with van der Waals surface area (Å²) in [6, 6.07) is 13.3. The fourth-order valence-electron chi connectivity index (χ4n) is 3.80. The Labute approximate surface area is 195 Å². The van der Waals surface area contributed by atoms with Gasteiger partial charge in [0.25, 0.3) is 5.78 Å². The maximum atomic E-state index is 13.1. The highest BCUT2D eigenvalue weighted by Gasteiger charge is 2.48. The van der Waals surface area contributed by atoms with Gasteiger partial charge in [0.15, 0.2) is 5.82 Å². The van der Waals surface area contributed by atoms with Gasteiger partial charge in [-0.2, -0.15) is 0 Å². The summed E-state index contributed by atoms with van der Waals surface area (Å²) in [4.78, 5) is 39.2. The van der Waals surface area contributed by atoms with Gasteiger partial charge in [0, 0.05) is 11.6 Å². The second kappa shape index (κ2) is 9.22. The summed E-state index contributed by atoms with van der Waals surface area (Å²) in [5.41, 5.74) is 1.02. The summed E-state index contributed by atoms with van der Waals surface area (Å²) >= 11 is 0. The van der Waals surface area contributed by atoms with Crippen molar-refractivity contribution in [3.63, 3.8) is 0 Å². The Kier molecular flexibility index (Phi) is 6.18. The zero-order valence-electron chi connectivity index (χ0n) is 18.8. The Morgan fingerprint density at radius 1 is 1.09 bits per heavy atom. The molecule has 0 aliphatic carbocycles. The van der Waals surface area contributed by atoms with Crippen LogP contribution in [0.4, 0.5) is 5.82 Å². The molecule has 2 heterocycles. The number of ketones is 1. The topological polar surface area (TPSA) is 119 Å². The van der Waals surface area contributed by atoms with Crippen molar-refractivity contribution >= 4 is 29.2 Å². The van der Waals surface area contributed by atoms with Gasteiger partial charge in [0.2, 0.25) is 0 Å². The molecule has 1 aromatic heterocycles. The van der Waals surface area contributed by atoms with Crippen molar-refractivity contribution < 1.29 is 33.5 Å². The zero-order valence-corrected chi connectivity index (χ0v) is 18.8. The number of hydrogen-bond donors (Lipinski definition) is 1. The first-order chi connectivity index (χ1) is 16.3. The zero-order chi connectivity index (χ0) is 24.4. The largest absolute Gasteiger partial charge is 0.507 e. The van der Waals surface area contributed by atoms with Crippen LogP contribution in [0.1, 0.15) is 40.2 Å². The molecule has 1 aliphatic rings. The first-order valence-electron chi connectivity index (χ1n) is 10.5. The van der Waals surface area contributed by atoms with Crippen LogP contribution < -0.4 is 9.64 Å². The van der Waals surface area contributed by atoms with E-state index in [1.807, 2.05) is 6.92 Å². The van der Waals surface area contributed by atoms with E-state index >= 15 is 0 Å². The molecule has 1 atom stereocenters. The number of aromatic nitrogens is 1. The molecule has 1 amide bonds. The van der Waals surface area contributed by atoms with E-state index in [0.29, 0.717) is 34.8 Å². The van der Waals surface area contributed by atoms with Gasteiger partial charge >= 0.3 is 11.9 Å². The summed E-state index contributed by atoms with van der Waals surface area (Å²) in [5.74, 6) is -1.41. The number of carbonyl (C=O) groups is 3. The number of benzene rings is 2. The Bertz CT molecular complexity index is 1270. The third-order valence-corrected chi connectivity index (χ3v) is 5.39. The van der Waals surface area contributed by atoms with Crippen LogP contribution in [0.15, 0.2) is 64.7 Å². The summed E-state index contributed by atoms with van der Waals surface area (Å²) in [7, 11) is 1.27. The Hall–Kier alpha value is -4.40. The van der Waals surface area contributed by atoms with Gasteiger partial charge in [-0.15, -0.1) is 0 Å². The molecule has 0 radical (unpaired) electrons. The van der Waals surface area contributed by atoms with Crippen LogP contribution >= 0.6 is 0 Å². The van der Waals surface area contributed by atoms with Gasteiger partial charge in [-0.05, 0) is 55.8 Å². The van der Waals surface area contributed by atoms with Crippen molar-refractivity contribution in [2.24, 2.45) is 0 Å². The van der Waals surface area contributed by atoms with Crippen molar-refractivity contribution in [3.05, 3.63) is 82.6 Å². The van der Waals surface area contributed by atoms with Crippen LogP contribution in [0.25, 0.3) is 5.76 Å². The van der Waals surface area contributed by atoms with Crippen LogP contribution in [0.2, 0.25) is 0 Å². The summed E-state index contributed by atoms with van der Waals surface area (Å²) in [5, 5.41) is 15.0. The third-order valence-electron chi connectivity index (χ3n) is 5.39. The molecule has 9 heteroatoms. The molecule has 2 aromatic carbocycles. The Morgan fingerprint density at radius 3 is 2.29 bits per heavy atom. The number of hydrogen-bond acceptors (Lipinski definition) is 8. The van der Waals surface area contributed by atoms with Crippen LogP contribution in [0.5, 0.6) is 5.75 Å². The van der Waals surface area contributed by atoms with Gasteiger partial charge in [-0.1, -0.05) is 17.3 Å². The van der Waals surface area contributed by atoms with Crippen molar-refractivity contribution in [2.45, 2.75) is 19.9 Å². The molecular formula is C25H22N2O7. The number of esters is 1. The number of carbonyl (C=O) groups excluding carboxylic acids is 3. The van der Waals surface area contributed by atoms with E-state index in [1.54, 1.807) is 43.3 Å². The molecule has 9 nitrogen and oxygen atoms in total. The molecule has 1 fully saturated rings. The third kappa shape index (κ3) is 4.03. The number of methoxy groups -OCH3 is 1. The van der Waals surface area contributed by atoms with Crippen LogP contribution in [-0.4, -0.2) is 41.6 Å². The molecule has 1 unspecified atom stereocenters. The number of ether oxygens (including phenoxy) is 2. The highest BCUT2D eigenvalue weighted by molar-refractivity contribution is 6.51. The van der Waals surface area contributed by atoms with E-state index in [2.05, 4.69) is 5.16 Å². The smallest absolute Gasteiger partial charge is 0.337 e. The van der Waals surface area contributed by atoms with Gasteiger partial charge in [-0.25, -0.2) is 4.79 Å². The number of anilines is 1. The van der Waals surface area contributed by atoms with Crippen molar-refractivity contribution in [2.75, 3.05) is 18.6 Å². The number of nitrogens with zero attached hydrogens (tertiary/aromatic N) is 2. The summed E-state index contributed by atoms with van der Waals surface area (Å²) < 4.78 is 15.3. The Morgan fingerprint density at radius 2 is 1.74 bits per heavy atom. The lowest BCUT2D eigenvalue weighted by atomic mass is 9.94. The number of rotatable bonds is 6. The predicted octanol–water partition coefficient (Wildman–Crippen LogP) is 3.79. The highest BCUT2D eigenvalue weighted by atomic mass is 16.5. The molecule has 174 valence electrons. The molecular weight excluding hydrogens is 440 g/mol. The minimum Gasteiger partial charge on any atom is -0.507 e. The van der Waals surface area contributed by atoms with Crippen molar-refractivity contribution in [1.82, 2.24) is 5.16 Å². The molecule has 3 aromatic rings. The van der Waals surface area contributed by atoms with E-state index in [9.17, 15) is 19.5 Å². The highest BCUT2D eigenvalue weighted by Crippen LogP contribution is 2.42. The van der Waals surface area contributed by atoms with Crippen LogP contribution in [-0.2, 0) is 14.3 Å².